The van der Waals surface area contributed by atoms with Crippen LogP contribution in [0.3, 0.4) is 0 Å². The van der Waals surface area contributed by atoms with Crippen molar-refractivity contribution >= 4 is 193 Å². The first-order chi connectivity index (χ1) is 58.5. The molecule has 0 saturated carbocycles. The summed E-state index contributed by atoms with van der Waals surface area (Å²) in [6.45, 7) is 0. The van der Waals surface area contributed by atoms with Crippen LogP contribution in [0, 0.1) is 0 Å². The summed E-state index contributed by atoms with van der Waals surface area (Å²) in [6, 6.07) is 47.3. The molecule has 16 aromatic rings. The van der Waals surface area contributed by atoms with Crippen molar-refractivity contribution in [2.45, 2.75) is 38.5 Å². The Labute approximate surface area is 733 Å². The van der Waals surface area contributed by atoms with Gasteiger partial charge in [0, 0.05) is 90.9 Å². The zero-order valence-electron chi connectivity index (χ0n) is 65.8. The van der Waals surface area contributed by atoms with E-state index in [1.54, 1.807) is 161 Å². The second-order valence-corrected chi connectivity index (χ2v) is 32.0. The monoisotopic (exact) mass is 1850 g/mol. The molecule has 0 unspecified atom stereocenters. The molecule has 0 aliphatic carbocycles. The molecule has 0 aliphatic heterocycles. The summed E-state index contributed by atoms with van der Waals surface area (Å²) in [4.78, 5) is 113. The van der Waals surface area contributed by atoms with Crippen LogP contribution < -0.4 is 54.3 Å². The summed E-state index contributed by atoms with van der Waals surface area (Å²) in [6.07, 6.45) is 10.9. The van der Waals surface area contributed by atoms with Crippen LogP contribution in [-0.2, 0) is 47.9 Å². The number of carbonyl (C=O) groups excluding carboxylic acids is 6. The number of ether oxygens (including phenoxy) is 5. The minimum absolute atomic E-state index is 0. The molecule has 0 fully saturated rings. The third-order valence-electron chi connectivity index (χ3n) is 18.0. The number of carboxylic acids is 2. The number of hydrogen-bond donors (Lipinski definition) is 7. The average molecular weight is 1850 g/mol. The van der Waals surface area contributed by atoms with Gasteiger partial charge in [-0.05, 0) is 127 Å². The fraction of sp³-hybridized carbons (Fsp3) is 0.136. The van der Waals surface area contributed by atoms with Crippen LogP contribution in [0.1, 0.15) is 83.5 Å². The van der Waals surface area contributed by atoms with Gasteiger partial charge in [0.05, 0.1) is 103 Å². The molecule has 0 bridgehead atoms. The summed E-state index contributed by atoms with van der Waals surface area (Å²) in [5, 5.41) is 75.0. The van der Waals surface area contributed by atoms with Gasteiger partial charge in [0.15, 0.2) is 22.6 Å². The Kier molecular flexibility index (Phi) is 31.6. The van der Waals surface area contributed by atoms with E-state index < -0.39 is 29.8 Å². The number of hydrogen-bond acceptors (Lipinski definition) is 27. The number of aromatic nitrogens is 16. The van der Waals surface area contributed by atoms with E-state index in [-0.39, 0.29) is 98.3 Å². The van der Waals surface area contributed by atoms with Gasteiger partial charge in [-0.2, -0.15) is 18.1 Å². The number of amides is 4. The number of halogens is 3. The third kappa shape index (κ3) is 22.4. The van der Waals surface area contributed by atoms with Gasteiger partial charge < -0.3 is 65.7 Å². The molecule has 0 saturated heterocycles. The number of nitrogens with zero attached hydrogens (tertiary/aromatic N) is 16. The van der Waals surface area contributed by atoms with Crippen molar-refractivity contribution in [3.63, 3.8) is 0 Å². The fourth-order valence-electron chi connectivity index (χ4n) is 12.2. The largest absolute Gasteiger partial charge is 1.00 e. The molecule has 0 aliphatic rings. The summed E-state index contributed by atoms with van der Waals surface area (Å²) in [7, 11) is 7.38. The maximum Gasteiger partial charge on any atom is 1.00 e. The van der Waals surface area contributed by atoms with Crippen molar-refractivity contribution < 1.29 is 102 Å². The molecule has 8 heterocycles. The zero-order chi connectivity index (χ0) is 85.8. The molecule has 16 rings (SSSR count). The molecule has 0 radical (unpaired) electrons. The van der Waals surface area contributed by atoms with Gasteiger partial charge in [0.2, 0.25) is 23.6 Å². The number of carboxylic acid groups (broad SMARTS) is 2. The Hall–Kier alpha value is -14.2. The first kappa shape index (κ1) is 91.1. The van der Waals surface area contributed by atoms with E-state index >= 15 is 0 Å². The number of para-hydroxylation sites is 4. The molecule has 42 heteroatoms. The smallest absolute Gasteiger partial charge is 0.870 e. The van der Waals surface area contributed by atoms with Crippen LogP contribution in [0.2, 0.25) is 0 Å². The zero-order valence-corrected chi connectivity index (χ0v) is 70.6. The van der Waals surface area contributed by atoms with Crippen LogP contribution in [0.4, 0.5) is 22.7 Å². The molecule has 8 aromatic carbocycles. The number of phenols is 1. The summed E-state index contributed by atoms with van der Waals surface area (Å²) in [5.74, 6) is -2.29. The molecular formula is C81H69BBr3LiN20O17. The maximum atomic E-state index is 12.4. The summed E-state index contributed by atoms with van der Waals surface area (Å²) in [5.41, 5.74) is 9.49. The number of aromatic carboxylic acids is 2. The van der Waals surface area contributed by atoms with Crippen LogP contribution in [0.15, 0.2) is 201 Å². The first-order valence-corrected chi connectivity index (χ1v) is 38.9. The van der Waals surface area contributed by atoms with Crippen molar-refractivity contribution in [2.24, 2.45) is 0 Å². The Morgan fingerprint density at radius 1 is 0.407 bits per heavy atom. The molecule has 620 valence electrons. The molecule has 8 aromatic heterocycles. The second kappa shape index (κ2) is 42.6. The molecule has 0 spiro atoms. The Morgan fingerprint density at radius 2 is 0.707 bits per heavy atom. The van der Waals surface area contributed by atoms with E-state index in [1.165, 1.54) is 44.6 Å². The van der Waals surface area contributed by atoms with E-state index in [9.17, 15) is 53.7 Å². The molecule has 123 heavy (non-hydrogen) atoms. The Bertz CT molecular complexity index is 6660. The number of phenolic OH excluding ortho intramolecular Hbond substituents is 1. The van der Waals surface area contributed by atoms with Gasteiger partial charge in [-0.25, -0.2) is 39.1 Å². The minimum atomic E-state index is -1.11. The van der Waals surface area contributed by atoms with Crippen LogP contribution in [0.5, 0.6) is 23.0 Å². The number of carbonyl (C=O) groups is 8. The summed E-state index contributed by atoms with van der Waals surface area (Å²) >= 11 is 9.31. The number of esters is 2. The van der Waals surface area contributed by atoms with E-state index in [2.05, 4.69) is 130 Å². The Morgan fingerprint density at radius 3 is 1.06 bits per heavy atom. The van der Waals surface area contributed by atoms with Crippen LogP contribution in [0.25, 0.3) is 72.3 Å². The topological polar surface area (TPSA) is 494 Å². The van der Waals surface area contributed by atoms with Crippen molar-refractivity contribution in [1.82, 2.24) is 79.2 Å². The van der Waals surface area contributed by atoms with Gasteiger partial charge >= 0.3 is 45.9 Å². The number of nitrogens with one attached hydrogen (secondary N) is 4. The molecule has 0 atom stereocenters. The normalized spacial score (nSPS) is 10.7. The van der Waals surface area contributed by atoms with Crippen LogP contribution >= 0.6 is 47.3 Å². The molecular weight excluding hydrogens is 1780 g/mol. The van der Waals surface area contributed by atoms with Gasteiger partial charge in [0.1, 0.15) is 45.8 Å². The van der Waals surface area contributed by atoms with E-state index in [0.29, 0.717) is 92.7 Å². The number of methoxy groups -OCH3 is 5. The number of benzene rings is 8. The maximum absolute atomic E-state index is 12.4. The predicted octanol–water partition coefficient (Wildman–Crippen LogP) is 9.16. The number of fused-ring (bicyclic) bond motifs is 12. The minimum Gasteiger partial charge on any atom is -0.870 e. The third-order valence-corrected chi connectivity index (χ3v) is 18.0. The van der Waals surface area contributed by atoms with Gasteiger partial charge in [-0.3, -0.25) is 19.2 Å². The van der Waals surface area contributed by atoms with E-state index in [0.717, 1.165) is 49.7 Å². The number of aryl methyl sites for hydroxylation is 3. The van der Waals surface area contributed by atoms with E-state index in [1.807, 2.05) is 54.6 Å². The fourth-order valence-corrected chi connectivity index (χ4v) is 12.2. The first-order valence-electron chi connectivity index (χ1n) is 36.2. The van der Waals surface area contributed by atoms with Gasteiger partial charge in [-0.15, -0.1) is 67.7 Å². The second-order valence-electron chi connectivity index (χ2n) is 25.6. The van der Waals surface area contributed by atoms with Crippen molar-refractivity contribution in [3.8, 4) is 23.0 Å². The van der Waals surface area contributed by atoms with Crippen molar-refractivity contribution in [1.29, 1.82) is 0 Å². The van der Waals surface area contributed by atoms with Crippen molar-refractivity contribution in [2.75, 3.05) is 56.8 Å². The quantitative estimate of drug-likeness (QED) is 0.0189. The average Bonchev–Trinajstić information content (AvgIpc) is 1.66. The predicted molar refractivity (Wildman–Crippen MR) is 460 cm³/mol. The van der Waals surface area contributed by atoms with Gasteiger partial charge in [-0.1, -0.05) is 69.4 Å². The van der Waals surface area contributed by atoms with Crippen LogP contribution in [-0.4, -0.2) is 186 Å². The number of anilines is 4. The van der Waals surface area contributed by atoms with E-state index in [4.69, 9.17) is 23.7 Å². The summed E-state index contributed by atoms with van der Waals surface area (Å²) < 4.78 is 31.9. The molecule has 4 amide bonds. The molecule has 8 N–H and O–H groups in total. The number of rotatable bonds is 22. The Balaban J connectivity index is 0.000000168. The SMILES string of the molecule is BrB(Br)Br.COC(=O)c1ccccc1NC(=O)/C=C/c1nnn2c1ncc1cc(OC)ccc12.COC(=O)c1ccccc1NC(=O)CCc1nnn2c1ncc1cc(OC)ccc12.COc1ccc2c(cnc3c(CCC(=O)Nc4ccccc4C(=O)O)nnn32)c1.O=C(CCc1nnn2c1ncc1cc(O)ccc12)Nc1ccccc1C(=O)O.[Li+].[OH-]. The van der Waals surface area contributed by atoms with Crippen molar-refractivity contribution in [3.05, 3.63) is 246 Å². The molecule has 37 nitrogen and oxygen atoms in total. The standard InChI is InChI=1S/C21H19N5O4.C21H17N5O4.C20H17N5O4.C19H15N5O4.BBr3.Li.H2O/c2*1-29-14-7-9-18-13(11-14)12-22-20-17(24-25-26(18)20)8-10-19(27)23-16-6-4-3-5-15(16)21(28)30-2;1-29-13-6-8-17-12(10-13)11-21-19-16(23-24-25(17)19)7-9-18(26)22-15-5-3-2-4-14(15)20(27)28;25-12-5-7-16-11(9-12)10-20-18-15(22-23-24(16)18)6-8-17(26)21-14-4-2-1-3-13(14)19(27)28;2-1(3)4;;/h3-7,9,11-12H,8,10H2,1-2H3,(H,23,27);3-12H,1-2H3,(H,23,27);2-6,8,10-11H,7,9H2,1H3,(H,22,26)(H,27,28);1-5,7,9-10,25H,6,8H2,(H,21,26)(H,27,28);;;1H2/q;;;;;+1;/p-1/b;10-8+;;;;;. The number of aromatic hydroxyl groups is 1. The van der Waals surface area contributed by atoms with Gasteiger partial charge in [0.25, 0.3) is 0 Å².